The number of halogens is 1. The SMILES string of the molecule is COc1cc([N+](=O)[O-])ccc1/C(Cl)=C/C#N. The highest BCUT2D eigenvalue weighted by Gasteiger charge is 2.12. The van der Waals surface area contributed by atoms with Gasteiger partial charge < -0.3 is 4.74 Å². The first-order chi connectivity index (χ1) is 7.60. The molecule has 0 bridgehead atoms. The molecule has 0 saturated heterocycles. The molecule has 0 amide bonds. The molecule has 0 aliphatic rings. The zero-order valence-electron chi connectivity index (χ0n) is 8.31. The van der Waals surface area contributed by atoms with Gasteiger partial charge in [-0.15, -0.1) is 0 Å². The summed E-state index contributed by atoms with van der Waals surface area (Å²) in [5.41, 5.74) is 0.346. The summed E-state index contributed by atoms with van der Waals surface area (Å²) in [6, 6.07) is 5.76. The molecule has 0 spiro atoms. The molecule has 5 nitrogen and oxygen atoms in total. The number of hydrogen-bond donors (Lipinski definition) is 0. The number of methoxy groups -OCH3 is 1. The highest BCUT2D eigenvalue weighted by Crippen LogP contribution is 2.31. The number of nitro groups is 1. The fourth-order valence-corrected chi connectivity index (χ4v) is 1.33. The lowest BCUT2D eigenvalue weighted by Crippen LogP contribution is -1.93. The van der Waals surface area contributed by atoms with Gasteiger partial charge >= 0.3 is 0 Å². The van der Waals surface area contributed by atoms with E-state index in [0.29, 0.717) is 5.56 Å². The number of nitro benzene ring substituents is 1. The standard InChI is InChI=1S/C10H7ClN2O3/c1-16-10-6-7(13(14)15)2-3-8(10)9(11)4-5-12/h2-4,6H,1H3/b9-4-. The summed E-state index contributed by atoms with van der Waals surface area (Å²) in [4.78, 5) is 9.99. The Hall–Kier alpha value is -2.06. The van der Waals surface area contributed by atoms with Gasteiger partial charge in [0.25, 0.3) is 5.69 Å². The topological polar surface area (TPSA) is 76.2 Å². The van der Waals surface area contributed by atoms with Gasteiger partial charge in [-0.3, -0.25) is 10.1 Å². The van der Waals surface area contributed by atoms with Crippen LogP contribution in [0.2, 0.25) is 0 Å². The molecule has 0 radical (unpaired) electrons. The smallest absolute Gasteiger partial charge is 0.273 e. The molecule has 1 aromatic rings. The molecule has 0 heterocycles. The molecule has 1 rings (SSSR count). The van der Waals surface area contributed by atoms with Gasteiger partial charge in [-0.05, 0) is 6.07 Å². The Kier molecular flexibility index (Phi) is 3.86. The molecule has 82 valence electrons. The van der Waals surface area contributed by atoms with Crippen LogP contribution in [0.5, 0.6) is 5.75 Å². The first kappa shape index (κ1) is 12.0. The number of allylic oxidation sites excluding steroid dienone is 1. The molecule has 0 unspecified atom stereocenters. The lowest BCUT2D eigenvalue weighted by Gasteiger charge is -2.06. The monoisotopic (exact) mass is 238 g/mol. The van der Waals surface area contributed by atoms with Gasteiger partial charge in [0.2, 0.25) is 0 Å². The minimum absolute atomic E-state index is 0.0953. The second-order valence-electron chi connectivity index (χ2n) is 2.76. The van der Waals surface area contributed by atoms with E-state index in [1.807, 2.05) is 0 Å². The van der Waals surface area contributed by atoms with E-state index in [2.05, 4.69) is 0 Å². The van der Waals surface area contributed by atoms with Crippen molar-refractivity contribution in [1.82, 2.24) is 0 Å². The van der Waals surface area contributed by atoms with E-state index in [9.17, 15) is 10.1 Å². The summed E-state index contributed by atoms with van der Waals surface area (Å²) >= 11 is 5.81. The van der Waals surface area contributed by atoms with E-state index in [0.717, 1.165) is 6.08 Å². The Bertz CT molecular complexity index is 491. The molecular weight excluding hydrogens is 232 g/mol. The zero-order valence-corrected chi connectivity index (χ0v) is 9.06. The molecule has 0 atom stereocenters. The minimum atomic E-state index is -0.534. The Morgan fingerprint density at radius 2 is 2.38 bits per heavy atom. The molecule has 0 N–H and O–H groups in total. The van der Waals surface area contributed by atoms with Gasteiger partial charge in [0.15, 0.2) is 0 Å². The van der Waals surface area contributed by atoms with Crippen molar-refractivity contribution in [3.8, 4) is 11.8 Å². The maximum atomic E-state index is 10.5. The lowest BCUT2D eigenvalue weighted by molar-refractivity contribution is -0.384. The molecule has 0 fully saturated rings. The molecular formula is C10H7ClN2O3. The average Bonchev–Trinajstić information content (AvgIpc) is 2.28. The van der Waals surface area contributed by atoms with Gasteiger partial charge in [0.05, 0.1) is 29.2 Å². The van der Waals surface area contributed by atoms with Crippen LogP contribution in [-0.2, 0) is 0 Å². The number of ether oxygens (including phenoxy) is 1. The van der Waals surface area contributed by atoms with Crippen molar-refractivity contribution < 1.29 is 9.66 Å². The highest BCUT2D eigenvalue weighted by atomic mass is 35.5. The van der Waals surface area contributed by atoms with Crippen LogP contribution in [0.15, 0.2) is 24.3 Å². The van der Waals surface area contributed by atoms with Crippen molar-refractivity contribution in [1.29, 1.82) is 5.26 Å². The summed E-state index contributed by atoms with van der Waals surface area (Å²) in [5.74, 6) is 0.255. The molecule has 0 saturated carbocycles. The van der Waals surface area contributed by atoms with E-state index in [-0.39, 0.29) is 16.5 Å². The summed E-state index contributed by atoms with van der Waals surface area (Å²) in [7, 11) is 1.37. The molecule has 0 aliphatic heterocycles. The fraction of sp³-hybridized carbons (Fsp3) is 0.100. The summed E-state index contributed by atoms with van der Waals surface area (Å²) in [6.45, 7) is 0. The third-order valence-electron chi connectivity index (χ3n) is 1.84. The van der Waals surface area contributed by atoms with Crippen LogP contribution in [0.3, 0.4) is 0 Å². The number of benzene rings is 1. The molecule has 0 aromatic heterocycles. The van der Waals surface area contributed by atoms with Crippen LogP contribution >= 0.6 is 11.6 Å². The minimum Gasteiger partial charge on any atom is -0.496 e. The molecule has 6 heteroatoms. The highest BCUT2D eigenvalue weighted by molar-refractivity contribution is 6.49. The predicted octanol–water partition coefficient (Wildman–Crippen LogP) is 2.71. The Balaban J connectivity index is 3.28. The molecule has 1 aromatic carbocycles. The predicted molar refractivity (Wildman–Crippen MR) is 59.1 cm³/mol. The number of nitrogens with zero attached hydrogens (tertiary/aromatic N) is 2. The second kappa shape index (κ2) is 5.14. The van der Waals surface area contributed by atoms with E-state index in [1.54, 1.807) is 6.07 Å². The van der Waals surface area contributed by atoms with E-state index in [1.165, 1.54) is 25.3 Å². The van der Waals surface area contributed by atoms with Crippen LogP contribution in [0, 0.1) is 21.4 Å². The third kappa shape index (κ3) is 2.49. The van der Waals surface area contributed by atoms with Crippen molar-refractivity contribution in [3.05, 3.63) is 40.0 Å². The number of non-ortho nitro benzene ring substituents is 1. The van der Waals surface area contributed by atoms with Crippen LogP contribution in [0.4, 0.5) is 5.69 Å². The van der Waals surface area contributed by atoms with Crippen molar-refractivity contribution >= 4 is 22.3 Å². The fourth-order valence-electron chi connectivity index (χ4n) is 1.13. The van der Waals surface area contributed by atoms with Crippen LogP contribution < -0.4 is 4.74 Å². The van der Waals surface area contributed by atoms with Crippen molar-refractivity contribution in [2.24, 2.45) is 0 Å². The Labute approximate surface area is 96.7 Å². The van der Waals surface area contributed by atoms with E-state index < -0.39 is 4.92 Å². The van der Waals surface area contributed by atoms with Crippen molar-refractivity contribution in [3.63, 3.8) is 0 Å². The van der Waals surface area contributed by atoms with Crippen molar-refractivity contribution in [2.75, 3.05) is 7.11 Å². The summed E-state index contributed by atoms with van der Waals surface area (Å²) in [5, 5.41) is 19.1. The average molecular weight is 239 g/mol. The normalized spacial score (nSPS) is 10.7. The summed E-state index contributed by atoms with van der Waals surface area (Å²) in [6.07, 6.45) is 1.13. The quantitative estimate of drug-likeness (QED) is 0.461. The van der Waals surface area contributed by atoms with Gasteiger partial charge in [-0.2, -0.15) is 5.26 Å². The lowest BCUT2D eigenvalue weighted by atomic mass is 10.1. The maximum Gasteiger partial charge on any atom is 0.273 e. The second-order valence-corrected chi connectivity index (χ2v) is 3.17. The van der Waals surface area contributed by atoms with Crippen LogP contribution in [0.1, 0.15) is 5.56 Å². The van der Waals surface area contributed by atoms with Crippen LogP contribution in [0.25, 0.3) is 5.03 Å². The van der Waals surface area contributed by atoms with E-state index >= 15 is 0 Å². The number of rotatable bonds is 3. The van der Waals surface area contributed by atoms with Gasteiger partial charge in [-0.1, -0.05) is 11.6 Å². The number of nitriles is 1. The maximum absolute atomic E-state index is 10.5. The molecule has 16 heavy (non-hydrogen) atoms. The Morgan fingerprint density at radius 3 is 2.88 bits per heavy atom. The van der Waals surface area contributed by atoms with Gasteiger partial charge in [0.1, 0.15) is 5.75 Å². The Morgan fingerprint density at radius 1 is 1.69 bits per heavy atom. The number of hydrogen-bond acceptors (Lipinski definition) is 4. The summed E-state index contributed by atoms with van der Waals surface area (Å²) < 4.78 is 4.96. The molecule has 0 aliphatic carbocycles. The third-order valence-corrected chi connectivity index (χ3v) is 2.16. The first-order valence-corrected chi connectivity index (χ1v) is 4.56. The first-order valence-electron chi connectivity index (χ1n) is 4.18. The van der Waals surface area contributed by atoms with Gasteiger partial charge in [0, 0.05) is 17.7 Å². The zero-order chi connectivity index (χ0) is 12.1. The van der Waals surface area contributed by atoms with Crippen LogP contribution in [-0.4, -0.2) is 12.0 Å². The van der Waals surface area contributed by atoms with Crippen molar-refractivity contribution in [2.45, 2.75) is 0 Å². The largest absolute Gasteiger partial charge is 0.496 e. The van der Waals surface area contributed by atoms with E-state index in [4.69, 9.17) is 21.6 Å². The van der Waals surface area contributed by atoms with Gasteiger partial charge in [-0.25, -0.2) is 0 Å².